The van der Waals surface area contributed by atoms with E-state index in [1.165, 1.54) is 22.2 Å². The number of fused-ring (bicyclic) bond motifs is 3. The Morgan fingerprint density at radius 3 is 2.96 bits per heavy atom. The maximum atomic E-state index is 12.3. The molecule has 3 rings (SSSR count). The summed E-state index contributed by atoms with van der Waals surface area (Å²) < 4.78 is 0. The highest BCUT2D eigenvalue weighted by molar-refractivity contribution is 7.98. The van der Waals surface area contributed by atoms with Gasteiger partial charge in [-0.25, -0.2) is 4.98 Å². The number of rotatable bonds is 8. The minimum absolute atomic E-state index is 0.0635. The fourth-order valence-electron chi connectivity index (χ4n) is 2.85. The van der Waals surface area contributed by atoms with Crippen molar-refractivity contribution in [3.8, 4) is 0 Å². The van der Waals surface area contributed by atoms with Crippen LogP contribution in [-0.4, -0.2) is 39.2 Å². The van der Waals surface area contributed by atoms with Gasteiger partial charge >= 0.3 is 5.97 Å². The summed E-state index contributed by atoms with van der Waals surface area (Å²) in [5.41, 5.74) is 1.11. The Hall–Kier alpha value is -1.87. The first kappa shape index (κ1) is 17.9. The van der Waals surface area contributed by atoms with E-state index >= 15 is 0 Å². The highest BCUT2D eigenvalue weighted by Gasteiger charge is 2.20. The number of carboxylic acids is 1. The average molecular weight is 381 g/mol. The predicted molar refractivity (Wildman–Crippen MR) is 98.3 cm³/mol. The Kier molecular flexibility index (Phi) is 5.74. The molecule has 2 aromatic rings. The molecule has 1 amide bonds. The number of hydrogen-bond acceptors (Lipinski definition) is 6. The van der Waals surface area contributed by atoms with Crippen LogP contribution >= 0.6 is 23.1 Å². The van der Waals surface area contributed by atoms with Crippen LogP contribution in [0.2, 0.25) is 0 Å². The van der Waals surface area contributed by atoms with Crippen LogP contribution in [0.1, 0.15) is 35.5 Å². The number of thioether (sulfide) groups is 1. The van der Waals surface area contributed by atoms with E-state index in [1.807, 2.05) is 0 Å². The van der Waals surface area contributed by atoms with E-state index in [0.717, 1.165) is 29.5 Å². The van der Waals surface area contributed by atoms with E-state index in [2.05, 4.69) is 15.3 Å². The Labute approximate surface area is 152 Å². The molecule has 0 atom stereocenters. The van der Waals surface area contributed by atoms with Gasteiger partial charge in [0.2, 0.25) is 5.91 Å². The Balaban J connectivity index is 1.50. The topological polar surface area (TPSA) is 112 Å². The quantitative estimate of drug-likeness (QED) is 0.600. The van der Waals surface area contributed by atoms with E-state index in [9.17, 15) is 14.4 Å². The molecule has 9 heteroatoms. The van der Waals surface area contributed by atoms with E-state index in [0.29, 0.717) is 23.8 Å². The number of nitrogens with one attached hydrogen (secondary N) is 2. The molecule has 1 aliphatic carbocycles. The maximum absolute atomic E-state index is 12.3. The van der Waals surface area contributed by atoms with Gasteiger partial charge in [-0.2, -0.15) is 11.8 Å². The van der Waals surface area contributed by atoms with Gasteiger partial charge in [-0.3, -0.25) is 14.4 Å². The zero-order chi connectivity index (χ0) is 17.8. The number of aliphatic carboxylic acids is 1. The SMILES string of the molecule is O=C(O)CCNC(=O)CCSCc1nc2sc3c(c2c(=O)[nH]1)CCC3. The number of thiophene rings is 1. The third-order valence-corrected chi connectivity index (χ3v) is 6.15. The van der Waals surface area contributed by atoms with Crippen molar-refractivity contribution in [2.75, 3.05) is 12.3 Å². The molecule has 2 aromatic heterocycles. The monoisotopic (exact) mass is 381 g/mol. The molecule has 3 N–H and O–H groups in total. The number of H-pyrrole nitrogens is 1. The second-order valence-corrected chi connectivity index (χ2v) is 8.04. The molecule has 0 saturated heterocycles. The average Bonchev–Trinajstić information content (AvgIpc) is 3.11. The van der Waals surface area contributed by atoms with Crippen molar-refractivity contribution in [1.82, 2.24) is 15.3 Å². The Bertz CT molecular complexity index is 859. The van der Waals surface area contributed by atoms with Crippen molar-refractivity contribution in [2.24, 2.45) is 0 Å². The minimum Gasteiger partial charge on any atom is -0.481 e. The van der Waals surface area contributed by atoms with Gasteiger partial charge in [0.1, 0.15) is 10.7 Å². The van der Waals surface area contributed by atoms with Crippen LogP contribution in [0, 0.1) is 0 Å². The van der Waals surface area contributed by atoms with Crippen LogP contribution in [0.25, 0.3) is 10.2 Å². The molecule has 1 aliphatic rings. The van der Waals surface area contributed by atoms with Crippen LogP contribution in [-0.2, 0) is 28.2 Å². The number of hydrogen-bond donors (Lipinski definition) is 3. The van der Waals surface area contributed by atoms with Crippen molar-refractivity contribution in [1.29, 1.82) is 0 Å². The first-order chi connectivity index (χ1) is 12.0. The highest BCUT2D eigenvalue weighted by Crippen LogP contribution is 2.34. The van der Waals surface area contributed by atoms with Crippen molar-refractivity contribution >= 4 is 45.2 Å². The lowest BCUT2D eigenvalue weighted by molar-refractivity contribution is -0.136. The molecule has 0 fully saturated rings. The molecule has 0 aliphatic heterocycles. The largest absolute Gasteiger partial charge is 0.481 e. The summed E-state index contributed by atoms with van der Waals surface area (Å²) in [5, 5.41) is 11.8. The van der Waals surface area contributed by atoms with Gasteiger partial charge in [0.25, 0.3) is 5.56 Å². The van der Waals surface area contributed by atoms with Crippen LogP contribution in [0.15, 0.2) is 4.79 Å². The van der Waals surface area contributed by atoms with E-state index < -0.39 is 5.97 Å². The molecule has 2 heterocycles. The molecule has 0 spiro atoms. The highest BCUT2D eigenvalue weighted by atomic mass is 32.2. The van der Waals surface area contributed by atoms with Gasteiger partial charge in [-0.15, -0.1) is 11.3 Å². The lowest BCUT2D eigenvalue weighted by atomic mass is 10.2. The van der Waals surface area contributed by atoms with Gasteiger partial charge in [-0.1, -0.05) is 0 Å². The van der Waals surface area contributed by atoms with Gasteiger partial charge < -0.3 is 15.4 Å². The fourth-order valence-corrected chi connectivity index (χ4v) is 4.93. The second kappa shape index (κ2) is 8.01. The second-order valence-electron chi connectivity index (χ2n) is 5.85. The molecule has 0 aromatic carbocycles. The van der Waals surface area contributed by atoms with Gasteiger partial charge in [-0.05, 0) is 24.8 Å². The number of aromatic amines is 1. The molecule has 0 radical (unpaired) electrons. The first-order valence-corrected chi connectivity index (χ1v) is 10.1. The summed E-state index contributed by atoms with van der Waals surface area (Å²) in [7, 11) is 0. The number of amides is 1. The number of carboxylic acid groups (broad SMARTS) is 1. The molecule has 0 bridgehead atoms. The number of nitrogens with zero attached hydrogens (tertiary/aromatic N) is 1. The molecule has 7 nitrogen and oxygen atoms in total. The smallest absolute Gasteiger partial charge is 0.305 e. The number of aromatic nitrogens is 2. The number of carbonyl (C=O) groups excluding carboxylic acids is 1. The molecule has 134 valence electrons. The molecular formula is C16H19N3O4S2. The minimum atomic E-state index is -0.931. The number of aryl methyl sites for hydroxylation is 2. The van der Waals surface area contributed by atoms with Gasteiger partial charge in [0.05, 0.1) is 17.6 Å². The summed E-state index contributed by atoms with van der Waals surface area (Å²) in [6, 6.07) is 0. The van der Waals surface area contributed by atoms with Gasteiger partial charge in [0, 0.05) is 23.6 Å². The van der Waals surface area contributed by atoms with E-state index in [4.69, 9.17) is 5.11 Å². The summed E-state index contributed by atoms with van der Waals surface area (Å²) >= 11 is 3.14. The van der Waals surface area contributed by atoms with Crippen LogP contribution in [0.5, 0.6) is 0 Å². The molecule has 0 unspecified atom stereocenters. The zero-order valence-electron chi connectivity index (χ0n) is 13.6. The van der Waals surface area contributed by atoms with Gasteiger partial charge in [0.15, 0.2) is 0 Å². The third-order valence-electron chi connectivity index (χ3n) is 4.00. The van der Waals surface area contributed by atoms with Crippen molar-refractivity contribution < 1.29 is 14.7 Å². The molecule has 0 saturated carbocycles. The van der Waals surface area contributed by atoms with Crippen LogP contribution in [0.3, 0.4) is 0 Å². The van der Waals surface area contributed by atoms with Crippen LogP contribution < -0.4 is 10.9 Å². The predicted octanol–water partition coefficient (Wildman–Crippen LogP) is 1.69. The number of carbonyl (C=O) groups is 2. The Morgan fingerprint density at radius 2 is 2.16 bits per heavy atom. The fraction of sp³-hybridized carbons (Fsp3) is 0.500. The van der Waals surface area contributed by atoms with Crippen molar-refractivity contribution in [3.05, 3.63) is 26.6 Å². The molecular weight excluding hydrogens is 362 g/mol. The summed E-state index contributed by atoms with van der Waals surface area (Å²) in [5.74, 6) is 0.659. The zero-order valence-corrected chi connectivity index (χ0v) is 15.2. The maximum Gasteiger partial charge on any atom is 0.305 e. The summed E-state index contributed by atoms with van der Waals surface area (Å²) in [6.45, 7) is 0.146. The summed E-state index contributed by atoms with van der Waals surface area (Å²) in [4.78, 5) is 43.8. The van der Waals surface area contributed by atoms with Crippen molar-refractivity contribution in [3.63, 3.8) is 0 Å². The van der Waals surface area contributed by atoms with E-state index in [1.54, 1.807) is 11.3 Å². The standard InChI is InChI=1S/C16H19N3O4S2/c20-12(17-6-4-13(21)22)5-7-24-8-11-18-15(23)14-9-2-1-3-10(9)25-16(14)19-11/h1-8H2,(H,17,20)(H,21,22)(H,18,19,23). The Morgan fingerprint density at radius 1 is 1.32 bits per heavy atom. The lowest BCUT2D eigenvalue weighted by Crippen LogP contribution is -2.26. The van der Waals surface area contributed by atoms with E-state index in [-0.39, 0.29) is 24.4 Å². The van der Waals surface area contributed by atoms with Crippen LogP contribution in [0.4, 0.5) is 0 Å². The summed E-state index contributed by atoms with van der Waals surface area (Å²) in [6.07, 6.45) is 3.35. The third kappa shape index (κ3) is 4.40. The lowest BCUT2D eigenvalue weighted by Gasteiger charge is -2.04. The first-order valence-electron chi connectivity index (χ1n) is 8.14. The van der Waals surface area contributed by atoms with Crippen molar-refractivity contribution in [2.45, 2.75) is 37.9 Å². The normalized spacial score (nSPS) is 13.1. The molecule has 25 heavy (non-hydrogen) atoms.